The summed E-state index contributed by atoms with van der Waals surface area (Å²) < 4.78 is 0. The van der Waals surface area contributed by atoms with E-state index in [0.29, 0.717) is 0 Å². The van der Waals surface area contributed by atoms with Crippen molar-refractivity contribution in [3.63, 3.8) is 0 Å². The Morgan fingerprint density at radius 3 is 0.227 bits per heavy atom. The molecule has 0 fully saturated rings. The van der Waals surface area contributed by atoms with Gasteiger partial charge in [0.15, 0.2) is 0 Å². The van der Waals surface area contributed by atoms with E-state index in [1.165, 1.54) is 0 Å². The van der Waals surface area contributed by atoms with E-state index in [2.05, 4.69) is 0 Å². The Labute approximate surface area is 287 Å². The third kappa shape index (κ3) is 6.41. The van der Waals surface area contributed by atoms with Crippen molar-refractivity contribution in [1.82, 2.24) is 0 Å². The first-order chi connectivity index (χ1) is 17.9. The monoisotopic (exact) mass is 878 g/mol. The fourth-order valence-electron chi connectivity index (χ4n) is 0.795. The topological polar surface area (TPSA) is 460 Å². The fraction of sp³-hybridized carbons (Fsp3) is 0. The van der Waals surface area contributed by atoms with E-state index in [0.717, 1.165) is 89.4 Å². The molecule has 0 aliphatic heterocycles. The van der Waals surface area contributed by atoms with Crippen LogP contribution in [0.1, 0.15) is 0 Å². The quantitative estimate of drug-likeness (QED) is 0.276. The van der Waals surface area contributed by atoms with Crippen molar-refractivity contribution in [1.29, 1.82) is 94.7 Å². The molecular formula is C18H2Fe7N18O. The van der Waals surface area contributed by atoms with E-state index >= 15 is 0 Å². The third-order valence-electron chi connectivity index (χ3n) is 3.56. The van der Waals surface area contributed by atoms with Crippen LogP contribution >= 0.6 is 0 Å². The second-order valence-electron chi connectivity index (χ2n) is 5.40. The predicted molar refractivity (Wildman–Crippen MR) is 105 cm³/mol. The van der Waals surface area contributed by atoms with Gasteiger partial charge in [-0.05, 0) is 0 Å². The van der Waals surface area contributed by atoms with Gasteiger partial charge in [0.25, 0.3) is 0 Å². The molecule has 0 saturated heterocycles. The van der Waals surface area contributed by atoms with Gasteiger partial charge in [0.2, 0.25) is 0 Å². The normalized spacial score (nSPS) is 11.9. The molecule has 44 heavy (non-hydrogen) atoms. The molecule has 0 aromatic heterocycles. The number of hydrogen-bond acceptors (Lipinski definition) is 18. The van der Waals surface area contributed by atoms with Gasteiger partial charge < -0.3 is 5.48 Å². The number of nitriles is 18. The van der Waals surface area contributed by atoms with Crippen LogP contribution in [-0.4, -0.2) is 5.48 Å². The average Bonchev–Trinajstić information content (AvgIpc) is 3.06. The summed E-state index contributed by atoms with van der Waals surface area (Å²) in [5.74, 6) is 0. The third-order valence-corrected chi connectivity index (χ3v) is 14.7. The van der Waals surface area contributed by atoms with Crippen LogP contribution in [0.2, 0.25) is 0 Å². The molecule has 0 rings (SSSR count). The number of rotatable bonds is 0. The van der Waals surface area contributed by atoms with Gasteiger partial charge in [0, 0.05) is 68.3 Å². The minimum Gasteiger partial charge on any atom is -0.412 e. The number of hydrogen-bond donors (Lipinski definition) is 0. The molecule has 26 heteroatoms. The van der Waals surface area contributed by atoms with E-state index < -0.39 is 32.2 Å². The van der Waals surface area contributed by atoms with Crippen molar-refractivity contribution in [3.05, 3.63) is 0 Å². The van der Waals surface area contributed by atoms with Crippen LogP contribution in [0.15, 0.2) is 0 Å². The standard InChI is InChI=1S/18CN.7Fe.H2O/c18*1-2;;;;;;;;/h;;;;;;;;;;;;;;;;;;;;;;;;;1H2. The molecule has 0 amide bonds. The van der Waals surface area contributed by atoms with Crippen LogP contribution < -0.4 is 0 Å². The van der Waals surface area contributed by atoms with Crippen LogP contribution in [0, 0.1) is 184 Å². The van der Waals surface area contributed by atoms with E-state index in [-0.39, 0.29) is 73.8 Å². The Morgan fingerprint density at radius 2 is 0.227 bits per heavy atom. The second-order valence-corrected chi connectivity index (χ2v) is 22.3. The molecule has 0 aromatic rings. The molecule has 0 aromatic carbocycles. The number of nitrogens with zero attached hydrogens (tertiary/aromatic N) is 18. The zero-order valence-electron chi connectivity index (χ0n) is 20.0. The molecule has 0 aliphatic rings. The SMILES string of the molecule is N#[C][Fe]([C]#N)([C]#N)([C]#N)([C]#N)[C]#N.N#[C][Fe]([C]#N)([C]#N)([C]#N)([C]#N)[C]#N.N#[C][Fe]([C]#N)([C]#N)([C]#N)([C]#N)[C]#N.O.[Fe].[Fe].[Fe].[Fe]. The Balaban J connectivity index is -0.0000000697. The molecule has 2 N–H and O–H groups in total. The molecule has 0 unspecified atom stereocenters. The minimum atomic E-state index is -6.17. The summed E-state index contributed by atoms with van der Waals surface area (Å²) in [6.07, 6.45) is 0. The van der Waals surface area contributed by atoms with Crippen LogP contribution in [0.3, 0.4) is 0 Å². The molecule has 0 saturated carbocycles. The van der Waals surface area contributed by atoms with Crippen LogP contribution in [-0.2, 0) is 100 Å². The van der Waals surface area contributed by atoms with E-state index in [1.54, 1.807) is 0 Å². The maximum atomic E-state index is 8.58. The summed E-state index contributed by atoms with van der Waals surface area (Å²) in [5.41, 5.74) is 0. The van der Waals surface area contributed by atoms with E-state index in [9.17, 15) is 0 Å². The van der Waals surface area contributed by atoms with Gasteiger partial charge in [-0.15, -0.1) is 0 Å². The van der Waals surface area contributed by atoms with Gasteiger partial charge in [-0.25, -0.2) is 0 Å². The average molecular weight is 877 g/mol. The zero-order chi connectivity index (χ0) is 32.0. The van der Waals surface area contributed by atoms with E-state index in [4.69, 9.17) is 94.7 Å². The smallest absolute Gasteiger partial charge is 0 e. The van der Waals surface area contributed by atoms with Gasteiger partial charge in [-0.3, -0.25) is 0 Å². The largest absolute Gasteiger partial charge is 0.412 e. The Kier molecular flexibility index (Phi) is 19.9. The Hall–Kier alpha value is -5.58. The Bertz CT molecular complexity index is 1420. The van der Waals surface area contributed by atoms with Gasteiger partial charge >= 0.3 is 216 Å². The summed E-state index contributed by atoms with van der Waals surface area (Å²) in [5, 5.41) is 154. The molecule has 0 bridgehead atoms. The van der Waals surface area contributed by atoms with Crippen molar-refractivity contribution < 1.29 is 106 Å². The Morgan fingerprint density at radius 1 is 0.182 bits per heavy atom. The summed E-state index contributed by atoms with van der Waals surface area (Å²) >= 11 is 0. The van der Waals surface area contributed by atoms with Crippen molar-refractivity contribution in [2.45, 2.75) is 0 Å². The van der Waals surface area contributed by atoms with E-state index in [1.807, 2.05) is 0 Å². The molecule has 0 radical (unpaired) electrons. The first-order valence-electron chi connectivity index (χ1n) is 7.21. The molecule has 0 atom stereocenters. The van der Waals surface area contributed by atoms with Gasteiger partial charge in [0.05, 0.1) is 0 Å². The van der Waals surface area contributed by atoms with Crippen LogP contribution in [0.4, 0.5) is 0 Å². The van der Waals surface area contributed by atoms with Crippen LogP contribution in [0.5, 0.6) is 0 Å². The van der Waals surface area contributed by atoms with Gasteiger partial charge in [-0.2, -0.15) is 0 Å². The van der Waals surface area contributed by atoms with Crippen LogP contribution in [0.25, 0.3) is 0 Å². The first-order valence-corrected chi connectivity index (χ1v) is 17.1. The molecule has 226 valence electrons. The van der Waals surface area contributed by atoms with Crippen molar-refractivity contribution in [2.24, 2.45) is 0 Å². The maximum absolute atomic E-state index is 8.58. The molecular weight excluding hydrogens is 875 g/mol. The summed E-state index contributed by atoms with van der Waals surface area (Å²) in [6.45, 7) is 0. The predicted octanol–water partition coefficient (Wildman–Crippen LogP) is -0.540. The molecule has 0 aliphatic carbocycles. The summed E-state index contributed by atoms with van der Waals surface area (Å²) in [7, 11) is -18.5. The molecule has 0 heterocycles. The molecule has 0 spiro atoms. The second kappa shape index (κ2) is 15.1. The fourth-order valence-corrected chi connectivity index (χ4v) is 3.28. The van der Waals surface area contributed by atoms with Crippen molar-refractivity contribution in [3.8, 4) is 89.4 Å². The minimum absolute atomic E-state index is 0. The summed E-state index contributed by atoms with van der Waals surface area (Å²) in [4.78, 5) is 18.6. The van der Waals surface area contributed by atoms with Gasteiger partial charge in [-0.1, -0.05) is 0 Å². The van der Waals surface area contributed by atoms with Crippen molar-refractivity contribution in [2.75, 3.05) is 0 Å². The van der Waals surface area contributed by atoms with Crippen molar-refractivity contribution >= 4 is 0 Å². The molecule has 19 nitrogen and oxygen atoms in total. The van der Waals surface area contributed by atoms with Gasteiger partial charge in [0.1, 0.15) is 0 Å². The first kappa shape index (κ1) is 58.1. The summed E-state index contributed by atoms with van der Waals surface area (Å²) in [6, 6.07) is 0. The zero-order valence-corrected chi connectivity index (χ0v) is 27.8. The maximum Gasteiger partial charge on any atom is 0 e.